The van der Waals surface area contributed by atoms with Crippen molar-refractivity contribution in [3.63, 3.8) is 0 Å². The molecule has 0 saturated carbocycles. The maximum Gasteiger partial charge on any atom is 0.196 e. The third-order valence-electron chi connectivity index (χ3n) is 3.06. The Morgan fingerprint density at radius 1 is 1.14 bits per heavy atom. The number of aromatic hydroxyl groups is 1. The molecule has 0 bridgehead atoms. The van der Waals surface area contributed by atoms with Crippen LogP contribution in [-0.4, -0.2) is 43.0 Å². The highest BCUT2D eigenvalue weighted by Crippen LogP contribution is 2.25. The summed E-state index contributed by atoms with van der Waals surface area (Å²) in [6.07, 6.45) is 0. The molecule has 0 fully saturated rings. The minimum absolute atomic E-state index is 0. The third kappa shape index (κ3) is 4.76. The summed E-state index contributed by atoms with van der Waals surface area (Å²) in [5.74, 6) is 0.290. The number of likely N-dealkylation sites (N-methyl/N-ethyl adjacent to an activating group) is 1. The Morgan fingerprint density at radius 2 is 1.82 bits per heavy atom. The van der Waals surface area contributed by atoms with Crippen molar-refractivity contribution in [2.24, 2.45) is 0 Å². The van der Waals surface area contributed by atoms with E-state index in [4.69, 9.17) is 4.74 Å². The summed E-state index contributed by atoms with van der Waals surface area (Å²) in [6, 6.07) is 13.7. The SMILES string of the molecule is CN(C)CCOc1ccc(C(=O)c2ccccc2)c(O)c1.Cl. The fourth-order valence-corrected chi connectivity index (χ4v) is 1.88. The van der Waals surface area contributed by atoms with Gasteiger partial charge in [0.05, 0.1) is 5.56 Å². The fourth-order valence-electron chi connectivity index (χ4n) is 1.88. The van der Waals surface area contributed by atoms with E-state index in [1.807, 2.05) is 25.1 Å². The van der Waals surface area contributed by atoms with E-state index in [2.05, 4.69) is 0 Å². The van der Waals surface area contributed by atoms with Gasteiger partial charge in [-0.15, -0.1) is 12.4 Å². The normalized spacial score (nSPS) is 10.1. The van der Waals surface area contributed by atoms with Crippen molar-refractivity contribution in [1.29, 1.82) is 0 Å². The number of phenols is 1. The Kier molecular flexibility index (Phi) is 6.89. The number of ether oxygens (including phenoxy) is 1. The fraction of sp³-hybridized carbons (Fsp3) is 0.235. The van der Waals surface area contributed by atoms with Gasteiger partial charge in [-0.25, -0.2) is 0 Å². The maximum atomic E-state index is 12.3. The first-order chi connectivity index (χ1) is 10.1. The number of benzene rings is 2. The Bertz CT molecular complexity index is 615. The lowest BCUT2D eigenvalue weighted by atomic mass is 10.0. The van der Waals surface area contributed by atoms with Crippen molar-refractivity contribution in [3.05, 3.63) is 59.7 Å². The second-order valence-corrected chi connectivity index (χ2v) is 5.03. The van der Waals surface area contributed by atoms with E-state index in [0.29, 0.717) is 17.9 Å². The van der Waals surface area contributed by atoms with Crippen LogP contribution in [0.5, 0.6) is 11.5 Å². The molecule has 0 aliphatic carbocycles. The quantitative estimate of drug-likeness (QED) is 0.831. The van der Waals surface area contributed by atoms with Crippen molar-refractivity contribution in [1.82, 2.24) is 4.90 Å². The predicted molar refractivity (Wildman–Crippen MR) is 89.3 cm³/mol. The predicted octanol–water partition coefficient (Wildman–Crippen LogP) is 2.99. The number of rotatable bonds is 6. The highest BCUT2D eigenvalue weighted by molar-refractivity contribution is 6.10. The molecular formula is C17H20ClNO3. The van der Waals surface area contributed by atoms with E-state index in [1.165, 1.54) is 6.07 Å². The van der Waals surface area contributed by atoms with Crippen LogP contribution in [0, 0.1) is 0 Å². The van der Waals surface area contributed by atoms with Crippen LogP contribution >= 0.6 is 12.4 Å². The van der Waals surface area contributed by atoms with Crippen LogP contribution in [0.4, 0.5) is 0 Å². The van der Waals surface area contributed by atoms with E-state index in [1.54, 1.807) is 36.4 Å². The molecule has 0 aromatic heterocycles. The number of hydrogen-bond donors (Lipinski definition) is 1. The number of nitrogens with zero attached hydrogens (tertiary/aromatic N) is 1. The van der Waals surface area contributed by atoms with E-state index < -0.39 is 0 Å². The van der Waals surface area contributed by atoms with Gasteiger partial charge in [0.15, 0.2) is 5.78 Å². The van der Waals surface area contributed by atoms with E-state index in [9.17, 15) is 9.90 Å². The first kappa shape index (κ1) is 18.0. The van der Waals surface area contributed by atoms with Crippen LogP contribution in [0.25, 0.3) is 0 Å². The molecule has 0 heterocycles. The van der Waals surface area contributed by atoms with Crippen LogP contribution < -0.4 is 4.74 Å². The van der Waals surface area contributed by atoms with Gasteiger partial charge < -0.3 is 14.7 Å². The molecule has 0 atom stereocenters. The molecule has 0 saturated heterocycles. The average Bonchev–Trinajstić information content (AvgIpc) is 2.47. The monoisotopic (exact) mass is 321 g/mol. The topological polar surface area (TPSA) is 49.8 Å². The Morgan fingerprint density at radius 3 is 2.41 bits per heavy atom. The van der Waals surface area contributed by atoms with Gasteiger partial charge >= 0.3 is 0 Å². The number of hydrogen-bond acceptors (Lipinski definition) is 4. The van der Waals surface area contributed by atoms with Gasteiger partial charge in [-0.3, -0.25) is 4.79 Å². The Labute approximate surface area is 136 Å². The summed E-state index contributed by atoms with van der Waals surface area (Å²) < 4.78 is 5.53. The summed E-state index contributed by atoms with van der Waals surface area (Å²) in [4.78, 5) is 14.3. The molecule has 1 N–H and O–H groups in total. The van der Waals surface area contributed by atoms with Crippen LogP contribution in [-0.2, 0) is 0 Å². The first-order valence-corrected chi connectivity index (χ1v) is 6.78. The van der Waals surface area contributed by atoms with Crippen molar-refractivity contribution < 1.29 is 14.6 Å². The van der Waals surface area contributed by atoms with Crippen LogP contribution in [0.1, 0.15) is 15.9 Å². The molecule has 0 unspecified atom stereocenters. The van der Waals surface area contributed by atoms with E-state index in [0.717, 1.165) is 6.54 Å². The molecule has 0 aliphatic rings. The molecule has 5 heteroatoms. The first-order valence-electron chi connectivity index (χ1n) is 6.78. The van der Waals surface area contributed by atoms with Gasteiger partial charge in [0.1, 0.15) is 18.1 Å². The lowest BCUT2D eigenvalue weighted by Crippen LogP contribution is -2.19. The van der Waals surface area contributed by atoms with E-state index in [-0.39, 0.29) is 29.5 Å². The molecule has 118 valence electrons. The highest BCUT2D eigenvalue weighted by atomic mass is 35.5. The largest absolute Gasteiger partial charge is 0.507 e. The molecule has 0 aliphatic heterocycles. The zero-order valence-corrected chi connectivity index (χ0v) is 13.5. The van der Waals surface area contributed by atoms with Crippen LogP contribution in [0.15, 0.2) is 48.5 Å². The summed E-state index contributed by atoms with van der Waals surface area (Å²) in [5, 5.41) is 10.0. The van der Waals surface area contributed by atoms with Crippen LogP contribution in [0.3, 0.4) is 0 Å². The average molecular weight is 322 g/mol. The Hall–Kier alpha value is -2.04. The summed E-state index contributed by atoms with van der Waals surface area (Å²) >= 11 is 0. The number of ketones is 1. The molecule has 0 spiro atoms. The smallest absolute Gasteiger partial charge is 0.196 e. The summed E-state index contributed by atoms with van der Waals surface area (Å²) in [5.41, 5.74) is 0.829. The zero-order valence-electron chi connectivity index (χ0n) is 12.7. The number of carbonyl (C=O) groups is 1. The molecular weight excluding hydrogens is 302 g/mol. The van der Waals surface area contributed by atoms with Gasteiger partial charge in [-0.2, -0.15) is 0 Å². The number of halogens is 1. The minimum Gasteiger partial charge on any atom is -0.507 e. The van der Waals surface area contributed by atoms with Gasteiger partial charge in [0, 0.05) is 18.2 Å². The molecule has 0 amide bonds. The highest BCUT2D eigenvalue weighted by Gasteiger charge is 2.13. The van der Waals surface area contributed by atoms with Gasteiger partial charge in [0.25, 0.3) is 0 Å². The summed E-state index contributed by atoms with van der Waals surface area (Å²) in [6.45, 7) is 1.31. The van der Waals surface area contributed by atoms with E-state index >= 15 is 0 Å². The van der Waals surface area contributed by atoms with Crippen LogP contribution in [0.2, 0.25) is 0 Å². The second kappa shape index (κ2) is 8.41. The zero-order chi connectivity index (χ0) is 15.2. The lowest BCUT2D eigenvalue weighted by molar-refractivity contribution is 0.103. The molecule has 0 radical (unpaired) electrons. The molecule has 2 aromatic rings. The third-order valence-corrected chi connectivity index (χ3v) is 3.06. The molecule has 22 heavy (non-hydrogen) atoms. The summed E-state index contributed by atoms with van der Waals surface area (Å²) in [7, 11) is 3.92. The molecule has 4 nitrogen and oxygen atoms in total. The number of carbonyl (C=O) groups excluding carboxylic acids is 1. The molecule has 2 aromatic carbocycles. The van der Waals surface area contributed by atoms with Gasteiger partial charge in [-0.1, -0.05) is 30.3 Å². The minimum atomic E-state index is -0.201. The van der Waals surface area contributed by atoms with Gasteiger partial charge in [0.2, 0.25) is 0 Å². The molecule has 2 rings (SSSR count). The van der Waals surface area contributed by atoms with Crippen molar-refractivity contribution in [2.75, 3.05) is 27.2 Å². The van der Waals surface area contributed by atoms with Gasteiger partial charge in [-0.05, 0) is 26.2 Å². The second-order valence-electron chi connectivity index (χ2n) is 5.03. The number of phenolic OH excluding ortho intramolecular Hbond substituents is 1. The van der Waals surface area contributed by atoms with Crippen molar-refractivity contribution >= 4 is 18.2 Å². The maximum absolute atomic E-state index is 12.3. The lowest BCUT2D eigenvalue weighted by Gasteiger charge is -2.12. The van der Waals surface area contributed by atoms with Crippen molar-refractivity contribution in [2.45, 2.75) is 0 Å². The van der Waals surface area contributed by atoms with Crippen molar-refractivity contribution in [3.8, 4) is 11.5 Å². The standard InChI is InChI=1S/C17H19NO3.ClH/c1-18(2)10-11-21-14-8-9-15(16(19)12-14)17(20)13-6-4-3-5-7-13;/h3-9,12,19H,10-11H2,1-2H3;1H. The Balaban J connectivity index is 0.00000242.